The Kier molecular flexibility index (Phi) is 3.32. The maximum absolute atomic E-state index is 6.25. The van der Waals surface area contributed by atoms with E-state index in [9.17, 15) is 0 Å². The average Bonchev–Trinajstić information content (AvgIpc) is 2.92. The molecule has 2 nitrogen and oxygen atoms in total. The third kappa shape index (κ3) is 2.05. The zero-order valence-corrected chi connectivity index (χ0v) is 11.9. The molecular weight excluding hydrogens is 287 g/mol. The molecule has 1 aliphatic rings. The fourth-order valence-electron chi connectivity index (χ4n) is 2.24. The molecule has 0 fully saturated rings. The SMILES string of the molecule is NC(c1nc2c(s1)CCC2)c1cccc(Cl)c1Cl. The van der Waals surface area contributed by atoms with Gasteiger partial charge in [0.25, 0.3) is 0 Å². The van der Waals surface area contributed by atoms with Crippen molar-refractivity contribution in [2.45, 2.75) is 25.3 Å². The lowest BCUT2D eigenvalue weighted by Gasteiger charge is -2.11. The normalized spacial score (nSPS) is 15.7. The van der Waals surface area contributed by atoms with Crippen LogP contribution in [0.25, 0.3) is 0 Å². The van der Waals surface area contributed by atoms with Gasteiger partial charge in [-0.1, -0.05) is 35.3 Å². The molecule has 1 aromatic carbocycles. The minimum absolute atomic E-state index is 0.285. The summed E-state index contributed by atoms with van der Waals surface area (Å²) >= 11 is 13.9. The number of fused-ring (bicyclic) bond motifs is 1. The van der Waals surface area contributed by atoms with Crippen LogP contribution >= 0.6 is 34.5 Å². The smallest absolute Gasteiger partial charge is 0.114 e. The Morgan fingerprint density at radius 1 is 1.28 bits per heavy atom. The molecule has 0 saturated heterocycles. The quantitative estimate of drug-likeness (QED) is 0.910. The molecule has 2 N–H and O–H groups in total. The molecule has 0 aliphatic heterocycles. The molecule has 1 atom stereocenters. The maximum Gasteiger partial charge on any atom is 0.114 e. The first-order chi connectivity index (χ1) is 8.66. The van der Waals surface area contributed by atoms with Crippen LogP contribution in [0.4, 0.5) is 0 Å². The first kappa shape index (κ1) is 12.4. The van der Waals surface area contributed by atoms with Crippen molar-refractivity contribution < 1.29 is 0 Å². The van der Waals surface area contributed by atoms with Crippen molar-refractivity contribution in [3.8, 4) is 0 Å². The number of nitrogens with zero attached hydrogens (tertiary/aromatic N) is 1. The van der Waals surface area contributed by atoms with Crippen LogP contribution in [0.2, 0.25) is 10.0 Å². The van der Waals surface area contributed by atoms with Crippen LogP contribution in [0.1, 0.15) is 33.6 Å². The molecule has 3 rings (SSSR count). The molecule has 0 amide bonds. The second-order valence-electron chi connectivity index (χ2n) is 4.40. The first-order valence-electron chi connectivity index (χ1n) is 5.85. The molecule has 0 spiro atoms. The fourth-order valence-corrected chi connectivity index (χ4v) is 3.84. The summed E-state index contributed by atoms with van der Waals surface area (Å²) in [5, 5.41) is 2.00. The van der Waals surface area contributed by atoms with E-state index in [-0.39, 0.29) is 6.04 Å². The number of rotatable bonds is 2. The van der Waals surface area contributed by atoms with Crippen molar-refractivity contribution in [1.29, 1.82) is 0 Å². The molecule has 1 heterocycles. The van der Waals surface area contributed by atoms with Gasteiger partial charge < -0.3 is 5.73 Å². The molecule has 1 aromatic heterocycles. The Balaban J connectivity index is 1.98. The summed E-state index contributed by atoms with van der Waals surface area (Å²) in [6.07, 6.45) is 3.41. The van der Waals surface area contributed by atoms with Gasteiger partial charge in [-0.15, -0.1) is 11.3 Å². The number of aromatic nitrogens is 1. The molecule has 1 aliphatic carbocycles. The van der Waals surface area contributed by atoms with Crippen LogP contribution in [0.3, 0.4) is 0 Å². The summed E-state index contributed by atoms with van der Waals surface area (Å²) in [6.45, 7) is 0. The summed E-state index contributed by atoms with van der Waals surface area (Å²) in [6, 6.07) is 5.25. The topological polar surface area (TPSA) is 38.9 Å². The van der Waals surface area contributed by atoms with Crippen molar-refractivity contribution >= 4 is 34.5 Å². The monoisotopic (exact) mass is 298 g/mol. The Hall–Kier alpha value is -0.610. The highest BCUT2D eigenvalue weighted by molar-refractivity contribution is 7.11. The van der Waals surface area contributed by atoms with E-state index < -0.39 is 0 Å². The van der Waals surface area contributed by atoms with Gasteiger partial charge in [-0.2, -0.15) is 0 Å². The number of hydrogen-bond acceptors (Lipinski definition) is 3. The first-order valence-corrected chi connectivity index (χ1v) is 7.42. The summed E-state index contributed by atoms with van der Waals surface area (Å²) in [5.74, 6) is 0. The van der Waals surface area contributed by atoms with Gasteiger partial charge in [-0.05, 0) is 30.9 Å². The molecule has 5 heteroatoms. The average molecular weight is 299 g/mol. The van der Waals surface area contributed by atoms with E-state index in [0.29, 0.717) is 10.0 Å². The van der Waals surface area contributed by atoms with Gasteiger partial charge >= 0.3 is 0 Å². The van der Waals surface area contributed by atoms with Crippen molar-refractivity contribution in [2.75, 3.05) is 0 Å². The van der Waals surface area contributed by atoms with Gasteiger partial charge in [0.2, 0.25) is 0 Å². The van der Waals surface area contributed by atoms with E-state index in [1.165, 1.54) is 17.0 Å². The maximum atomic E-state index is 6.25. The number of halogens is 2. The highest BCUT2D eigenvalue weighted by atomic mass is 35.5. The molecule has 1 unspecified atom stereocenters. The molecule has 2 aromatic rings. The van der Waals surface area contributed by atoms with Crippen molar-refractivity contribution in [3.63, 3.8) is 0 Å². The van der Waals surface area contributed by atoms with Gasteiger partial charge in [0.1, 0.15) is 5.01 Å². The van der Waals surface area contributed by atoms with Gasteiger partial charge in [0.05, 0.1) is 21.8 Å². The van der Waals surface area contributed by atoms with E-state index in [2.05, 4.69) is 4.98 Å². The predicted molar refractivity (Wildman–Crippen MR) is 76.6 cm³/mol. The minimum atomic E-state index is -0.285. The van der Waals surface area contributed by atoms with Crippen LogP contribution in [-0.4, -0.2) is 4.98 Å². The highest BCUT2D eigenvalue weighted by Gasteiger charge is 2.22. The van der Waals surface area contributed by atoms with Gasteiger partial charge in [-0.3, -0.25) is 0 Å². The highest BCUT2D eigenvalue weighted by Crippen LogP contribution is 2.36. The Morgan fingerprint density at radius 3 is 2.89 bits per heavy atom. The number of nitrogens with two attached hydrogens (primary N) is 1. The van der Waals surface area contributed by atoms with Crippen LogP contribution < -0.4 is 5.73 Å². The van der Waals surface area contributed by atoms with E-state index in [0.717, 1.165) is 23.4 Å². The Morgan fingerprint density at radius 2 is 2.11 bits per heavy atom. The molecular formula is C13H12Cl2N2S. The van der Waals surface area contributed by atoms with Gasteiger partial charge in [-0.25, -0.2) is 4.98 Å². The number of benzene rings is 1. The summed E-state index contributed by atoms with van der Waals surface area (Å²) in [4.78, 5) is 6.00. The van der Waals surface area contributed by atoms with Crippen LogP contribution in [-0.2, 0) is 12.8 Å². The molecule has 0 bridgehead atoms. The van der Waals surface area contributed by atoms with E-state index in [1.807, 2.05) is 12.1 Å². The van der Waals surface area contributed by atoms with Crippen LogP contribution in [0.5, 0.6) is 0 Å². The number of thiazole rings is 1. The van der Waals surface area contributed by atoms with Crippen LogP contribution in [0, 0.1) is 0 Å². The summed E-state index contributed by atoms with van der Waals surface area (Å²) in [5.41, 5.74) is 8.31. The minimum Gasteiger partial charge on any atom is -0.318 e. The predicted octanol–water partition coefficient (Wildman–Crippen LogP) is 3.99. The van der Waals surface area contributed by atoms with E-state index in [1.54, 1.807) is 17.4 Å². The second-order valence-corrected chi connectivity index (χ2v) is 6.30. The third-order valence-corrected chi connectivity index (χ3v) is 5.27. The summed E-state index contributed by atoms with van der Waals surface area (Å²) < 4.78 is 0. The van der Waals surface area contributed by atoms with E-state index in [4.69, 9.17) is 28.9 Å². The lowest BCUT2D eigenvalue weighted by Crippen LogP contribution is -2.12. The molecule has 0 saturated carbocycles. The lowest BCUT2D eigenvalue weighted by molar-refractivity contribution is 0.834. The van der Waals surface area contributed by atoms with E-state index >= 15 is 0 Å². The molecule has 94 valence electrons. The second kappa shape index (κ2) is 4.82. The third-order valence-electron chi connectivity index (χ3n) is 3.19. The van der Waals surface area contributed by atoms with Crippen LogP contribution in [0.15, 0.2) is 18.2 Å². The lowest BCUT2D eigenvalue weighted by atomic mass is 10.1. The van der Waals surface area contributed by atoms with Crippen molar-refractivity contribution in [3.05, 3.63) is 49.4 Å². The zero-order valence-electron chi connectivity index (χ0n) is 9.62. The zero-order chi connectivity index (χ0) is 12.7. The van der Waals surface area contributed by atoms with Gasteiger partial charge in [0.15, 0.2) is 0 Å². The molecule has 18 heavy (non-hydrogen) atoms. The number of hydrogen-bond donors (Lipinski definition) is 1. The Labute approximate surface area is 120 Å². The standard InChI is InChI=1S/C13H12Cl2N2S/c14-8-4-1-3-7(11(8)15)12(16)13-17-9-5-2-6-10(9)18-13/h1,3-4,12H,2,5-6,16H2. The summed E-state index contributed by atoms with van der Waals surface area (Å²) in [7, 11) is 0. The largest absolute Gasteiger partial charge is 0.318 e. The number of aryl methyl sites for hydroxylation is 2. The van der Waals surface area contributed by atoms with Crippen molar-refractivity contribution in [2.24, 2.45) is 5.73 Å². The van der Waals surface area contributed by atoms with Crippen molar-refractivity contribution in [1.82, 2.24) is 4.98 Å². The fraction of sp³-hybridized carbons (Fsp3) is 0.308. The molecule has 0 radical (unpaired) electrons. The Bertz CT molecular complexity index is 573. The van der Waals surface area contributed by atoms with Gasteiger partial charge in [0, 0.05) is 4.88 Å².